The van der Waals surface area contributed by atoms with Crippen molar-refractivity contribution in [2.75, 3.05) is 44.1 Å². The molecule has 0 heterocycles. The third-order valence-corrected chi connectivity index (χ3v) is 3.98. The summed E-state index contributed by atoms with van der Waals surface area (Å²) in [7, 11) is 4.11. The summed E-state index contributed by atoms with van der Waals surface area (Å²) in [6.07, 6.45) is 4.59. The van der Waals surface area contributed by atoms with Crippen molar-refractivity contribution in [2.24, 2.45) is 4.99 Å². The van der Waals surface area contributed by atoms with Crippen molar-refractivity contribution in [3.63, 3.8) is 0 Å². The van der Waals surface area contributed by atoms with Crippen LogP contribution in [0.15, 0.2) is 29.3 Å². The fourth-order valence-corrected chi connectivity index (χ4v) is 2.48. The molecule has 132 valence electrons. The molecule has 23 heavy (non-hydrogen) atoms. The van der Waals surface area contributed by atoms with Crippen LogP contribution in [-0.4, -0.2) is 45.2 Å². The average molecular weight is 450 g/mol. The lowest BCUT2D eigenvalue weighted by Gasteiger charge is -2.13. The first-order valence-corrected chi connectivity index (χ1v) is 9.34. The zero-order chi connectivity index (χ0) is 16.2. The Labute approximate surface area is 162 Å². The number of halogens is 1. The number of hydrogen-bond acceptors (Lipinski definition) is 3. The highest BCUT2D eigenvalue weighted by atomic mass is 127. The summed E-state index contributed by atoms with van der Waals surface area (Å²) in [6.45, 7) is 4.66. The summed E-state index contributed by atoms with van der Waals surface area (Å²) in [5.41, 5.74) is 2.44. The van der Waals surface area contributed by atoms with Crippen molar-refractivity contribution in [2.45, 2.75) is 26.3 Å². The van der Waals surface area contributed by atoms with Crippen LogP contribution in [0.3, 0.4) is 0 Å². The van der Waals surface area contributed by atoms with Gasteiger partial charge in [0.2, 0.25) is 0 Å². The maximum atomic E-state index is 4.65. The number of anilines is 1. The molecular formula is C17H31IN4S. The molecule has 1 rings (SSSR count). The monoisotopic (exact) mass is 450 g/mol. The molecule has 0 bridgehead atoms. The van der Waals surface area contributed by atoms with E-state index in [0.29, 0.717) is 6.54 Å². The summed E-state index contributed by atoms with van der Waals surface area (Å²) in [6, 6.07) is 8.54. The Bertz CT molecular complexity index is 435. The lowest BCUT2D eigenvalue weighted by molar-refractivity contribution is 0.734. The Hall–Kier alpha value is -0.630. The molecule has 0 aliphatic rings. The quantitative estimate of drug-likeness (QED) is 0.261. The molecule has 2 N–H and O–H groups in total. The molecule has 0 saturated heterocycles. The van der Waals surface area contributed by atoms with Crippen molar-refractivity contribution in [3.05, 3.63) is 29.8 Å². The third-order valence-electron chi connectivity index (χ3n) is 3.28. The first kappa shape index (κ1) is 22.4. The molecule has 0 aliphatic heterocycles. The molecule has 1 aromatic carbocycles. The molecule has 0 aliphatic carbocycles. The van der Waals surface area contributed by atoms with Gasteiger partial charge in [0.1, 0.15) is 0 Å². The Balaban J connectivity index is 0.00000484. The zero-order valence-corrected chi connectivity index (χ0v) is 17.9. The van der Waals surface area contributed by atoms with Gasteiger partial charge in [-0.2, -0.15) is 11.8 Å². The second-order valence-corrected chi connectivity index (χ2v) is 6.37. The van der Waals surface area contributed by atoms with Crippen molar-refractivity contribution < 1.29 is 0 Å². The minimum atomic E-state index is 0. The van der Waals surface area contributed by atoms with E-state index in [1.54, 1.807) is 0 Å². The fourth-order valence-electron chi connectivity index (χ4n) is 1.99. The predicted octanol–water partition coefficient (Wildman–Crippen LogP) is 3.57. The van der Waals surface area contributed by atoms with Gasteiger partial charge in [-0.25, -0.2) is 4.99 Å². The summed E-state index contributed by atoms with van der Waals surface area (Å²) >= 11 is 1.90. The van der Waals surface area contributed by atoms with Crippen LogP contribution < -0.4 is 15.5 Å². The lowest BCUT2D eigenvalue weighted by Crippen LogP contribution is -2.37. The van der Waals surface area contributed by atoms with Gasteiger partial charge in [-0.15, -0.1) is 24.0 Å². The highest BCUT2D eigenvalue weighted by molar-refractivity contribution is 14.0. The molecule has 4 nitrogen and oxygen atoms in total. The fraction of sp³-hybridized carbons (Fsp3) is 0.588. The van der Waals surface area contributed by atoms with Crippen molar-refractivity contribution in [1.29, 1.82) is 0 Å². The van der Waals surface area contributed by atoms with Crippen molar-refractivity contribution >= 4 is 47.4 Å². The Kier molecular flexibility index (Phi) is 13.4. The maximum absolute atomic E-state index is 4.65. The molecular weight excluding hydrogens is 419 g/mol. The van der Waals surface area contributed by atoms with E-state index in [1.165, 1.54) is 29.8 Å². The largest absolute Gasteiger partial charge is 0.378 e. The van der Waals surface area contributed by atoms with Gasteiger partial charge in [0.15, 0.2) is 5.96 Å². The van der Waals surface area contributed by atoms with E-state index in [1.807, 2.05) is 11.8 Å². The van der Waals surface area contributed by atoms with Crippen LogP contribution >= 0.6 is 35.7 Å². The van der Waals surface area contributed by atoms with E-state index >= 15 is 0 Å². The van der Waals surface area contributed by atoms with E-state index in [9.17, 15) is 0 Å². The number of guanidine groups is 1. The minimum absolute atomic E-state index is 0. The minimum Gasteiger partial charge on any atom is -0.378 e. The number of thioether (sulfide) groups is 1. The molecule has 0 fully saturated rings. The number of nitrogens with zero attached hydrogens (tertiary/aromatic N) is 2. The first-order chi connectivity index (χ1) is 10.7. The molecule has 0 amide bonds. The van der Waals surface area contributed by atoms with E-state index in [2.05, 4.69) is 72.1 Å². The Morgan fingerprint density at radius 3 is 2.39 bits per heavy atom. The molecule has 0 spiro atoms. The normalized spacial score (nSPS) is 10.9. The van der Waals surface area contributed by atoms with Gasteiger partial charge in [0.05, 0.1) is 6.54 Å². The van der Waals surface area contributed by atoms with Crippen LogP contribution in [0.5, 0.6) is 0 Å². The molecule has 0 unspecified atom stereocenters. The average Bonchev–Trinajstić information content (AvgIpc) is 2.52. The summed E-state index contributed by atoms with van der Waals surface area (Å²) in [5, 5.41) is 6.70. The summed E-state index contributed by atoms with van der Waals surface area (Å²) in [4.78, 5) is 6.76. The lowest BCUT2D eigenvalue weighted by atomic mass is 10.2. The van der Waals surface area contributed by atoms with Gasteiger partial charge >= 0.3 is 0 Å². The summed E-state index contributed by atoms with van der Waals surface area (Å²) in [5.74, 6) is 2.14. The Morgan fingerprint density at radius 2 is 1.83 bits per heavy atom. The van der Waals surface area contributed by atoms with Crippen LogP contribution in [0, 0.1) is 0 Å². The number of unbranched alkanes of at least 4 members (excludes halogenated alkanes) is 1. The first-order valence-electron chi connectivity index (χ1n) is 7.94. The van der Waals surface area contributed by atoms with E-state index in [-0.39, 0.29) is 24.0 Å². The molecule has 1 aromatic rings. The van der Waals surface area contributed by atoms with Gasteiger partial charge in [0, 0.05) is 32.9 Å². The molecule has 6 heteroatoms. The van der Waals surface area contributed by atoms with Crippen LogP contribution in [-0.2, 0) is 6.54 Å². The van der Waals surface area contributed by atoms with E-state index in [4.69, 9.17) is 0 Å². The molecule has 0 radical (unpaired) electrons. The van der Waals surface area contributed by atoms with Crippen LogP contribution in [0.25, 0.3) is 0 Å². The standard InChI is InChI=1S/C17H30N4S.HI/c1-5-18-17(19-12-6-7-13-22-4)20-14-15-8-10-16(11-9-15)21(2)3;/h8-11H,5-7,12-14H2,1-4H3,(H2,18,19,20);1H. The van der Waals surface area contributed by atoms with Crippen LogP contribution in [0.1, 0.15) is 25.3 Å². The Morgan fingerprint density at radius 1 is 1.13 bits per heavy atom. The second-order valence-electron chi connectivity index (χ2n) is 5.38. The number of rotatable bonds is 9. The number of benzene rings is 1. The van der Waals surface area contributed by atoms with Gasteiger partial charge in [-0.3, -0.25) is 0 Å². The molecule has 0 aromatic heterocycles. The third kappa shape index (κ3) is 9.96. The topological polar surface area (TPSA) is 39.7 Å². The van der Waals surface area contributed by atoms with E-state index in [0.717, 1.165) is 19.0 Å². The van der Waals surface area contributed by atoms with Gasteiger partial charge < -0.3 is 15.5 Å². The van der Waals surface area contributed by atoms with Gasteiger partial charge in [-0.05, 0) is 49.5 Å². The van der Waals surface area contributed by atoms with Crippen molar-refractivity contribution in [1.82, 2.24) is 10.6 Å². The van der Waals surface area contributed by atoms with Gasteiger partial charge in [0.25, 0.3) is 0 Å². The highest BCUT2D eigenvalue weighted by Crippen LogP contribution is 2.12. The van der Waals surface area contributed by atoms with Gasteiger partial charge in [-0.1, -0.05) is 12.1 Å². The van der Waals surface area contributed by atoms with Crippen molar-refractivity contribution in [3.8, 4) is 0 Å². The SMILES string of the molecule is CCNC(=NCc1ccc(N(C)C)cc1)NCCCCSC.I. The number of hydrogen-bond donors (Lipinski definition) is 2. The second kappa shape index (κ2) is 13.8. The van der Waals surface area contributed by atoms with Crippen LogP contribution in [0.4, 0.5) is 5.69 Å². The zero-order valence-electron chi connectivity index (χ0n) is 14.8. The molecule has 0 saturated carbocycles. The van der Waals surface area contributed by atoms with E-state index < -0.39 is 0 Å². The smallest absolute Gasteiger partial charge is 0.191 e. The number of aliphatic imine (C=N–C) groups is 1. The summed E-state index contributed by atoms with van der Waals surface area (Å²) < 4.78 is 0. The number of nitrogens with one attached hydrogen (secondary N) is 2. The molecule has 0 atom stereocenters. The maximum Gasteiger partial charge on any atom is 0.191 e. The van der Waals surface area contributed by atoms with Crippen LogP contribution in [0.2, 0.25) is 0 Å². The predicted molar refractivity (Wildman–Crippen MR) is 117 cm³/mol. The highest BCUT2D eigenvalue weighted by Gasteiger charge is 1.99.